The standard InChI is InChI=1S/C17H25N3O2/c1-16(2,3)21-14-12(13-9-8-10-20(13)7)11-18-15(19-14)22-17(4,5)6/h8-11H,1-7H3. The van der Waals surface area contributed by atoms with Gasteiger partial charge < -0.3 is 14.0 Å². The highest BCUT2D eigenvalue weighted by Crippen LogP contribution is 2.32. The number of aromatic nitrogens is 3. The van der Waals surface area contributed by atoms with Crippen molar-refractivity contribution < 1.29 is 9.47 Å². The third-order valence-electron chi connectivity index (χ3n) is 2.75. The van der Waals surface area contributed by atoms with E-state index in [1.807, 2.05) is 71.5 Å². The van der Waals surface area contributed by atoms with Crippen molar-refractivity contribution in [3.05, 3.63) is 24.5 Å². The quantitative estimate of drug-likeness (QED) is 0.864. The van der Waals surface area contributed by atoms with Crippen LogP contribution < -0.4 is 9.47 Å². The van der Waals surface area contributed by atoms with Gasteiger partial charge in [-0.15, -0.1) is 0 Å². The third kappa shape index (κ3) is 4.23. The molecule has 5 nitrogen and oxygen atoms in total. The van der Waals surface area contributed by atoms with Gasteiger partial charge in [-0.25, -0.2) is 4.98 Å². The second-order valence-electron chi connectivity index (χ2n) is 7.30. The van der Waals surface area contributed by atoms with E-state index in [-0.39, 0.29) is 11.2 Å². The van der Waals surface area contributed by atoms with E-state index in [9.17, 15) is 0 Å². The minimum absolute atomic E-state index is 0.324. The Morgan fingerprint density at radius 1 is 1.00 bits per heavy atom. The molecule has 0 spiro atoms. The average molecular weight is 303 g/mol. The second kappa shape index (κ2) is 5.63. The Balaban J connectivity index is 2.47. The lowest BCUT2D eigenvalue weighted by Gasteiger charge is -2.24. The zero-order chi connectivity index (χ0) is 16.5. The molecule has 2 heterocycles. The van der Waals surface area contributed by atoms with Crippen molar-refractivity contribution >= 4 is 0 Å². The maximum Gasteiger partial charge on any atom is 0.320 e. The van der Waals surface area contributed by atoms with Crippen LogP contribution in [0.15, 0.2) is 24.5 Å². The van der Waals surface area contributed by atoms with Gasteiger partial charge in [-0.2, -0.15) is 4.98 Å². The van der Waals surface area contributed by atoms with Gasteiger partial charge in [0.05, 0.1) is 11.3 Å². The van der Waals surface area contributed by atoms with Gasteiger partial charge in [-0.1, -0.05) is 0 Å². The van der Waals surface area contributed by atoms with Gasteiger partial charge in [0.25, 0.3) is 0 Å². The van der Waals surface area contributed by atoms with E-state index >= 15 is 0 Å². The Labute approximate surface area is 132 Å². The fourth-order valence-electron chi connectivity index (χ4n) is 1.96. The minimum Gasteiger partial charge on any atom is -0.471 e. The first-order valence-electron chi connectivity index (χ1n) is 7.42. The summed E-state index contributed by atoms with van der Waals surface area (Å²) in [6.45, 7) is 11.9. The van der Waals surface area contributed by atoms with Crippen molar-refractivity contribution in [2.45, 2.75) is 52.7 Å². The maximum atomic E-state index is 6.02. The molecule has 0 unspecified atom stereocenters. The predicted molar refractivity (Wildman–Crippen MR) is 87.2 cm³/mol. The second-order valence-corrected chi connectivity index (χ2v) is 7.30. The van der Waals surface area contributed by atoms with Crippen LogP contribution in [0.4, 0.5) is 0 Å². The normalized spacial score (nSPS) is 12.3. The van der Waals surface area contributed by atoms with E-state index in [1.54, 1.807) is 6.20 Å². The summed E-state index contributed by atoms with van der Waals surface area (Å²) in [4.78, 5) is 8.80. The summed E-state index contributed by atoms with van der Waals surface area (Å²) in [6.07, 6.45) is 3.74. The molecule has 0 amide bonds. The summed E-state index contributed by atoms with van der Waals surface area (Å²) < 4.78 is 13.8. The molecule has 0 aliphatic carbocycles. The Bertz CT molecular complexity index is 649. The average Bonchev–Trinajstić information content (AvgIpc) is 2.71. The van der Waals surface area contributed by atoms with Crippen LogP contribution in [0.25, 0.3) is 11.3 Å². The molecule has 22 heavy (non-hydrogen) atoms. The van der Waals surface area contributed by atoms with E-state index in [0.717, 1.165) is 11.3 Å². The van der Waals surface area contributed by atoms with E-state index in [2.05, 4.69) is 9.97 Å². The number of hydrogen-bond donors (Lipinski definition) is 0. The van der Waals surface area contributed by atoms with E-state index in [1.165, 1.54) is 0 Å². The molecule has 0 atom stereocenters. The Morgan fingerprint density at radius 2 is 1.64 bits per heavy atom. The highest BCUT2D eigenvalue weighted by Gasteiger charge is 2.21. The molecule has 2 rings (SSSR count). The lowest BCUT2D eigenvalue weighted by atomic mass is 10.2. The van der Waals surface area contributed by atoms with Crippen molar-refractivity contribution in [3.63, 3.8) is 0 Å². The van der Waals surface area contributed by atoms with Crippen molar-refractivity contribution in [1.29, 1.82) is 0 Å². The first-order valence-corrected chi connectivity index (χ1v) is 7.42. The number of ether oxygens (including phenoxy) is 2. The van der Waals surface area contributed by atoms with Crippen LogP contribution >= 0.6 is 0 Å². The molecule has 2 aromatic rings. The molecule has 0 saturated carbocycles. The lowest BCUT2D eigenvalue weighted by Crippen LogP contribution is -2.26. The summed E-state index contributed by atoms with van der Waals surface area (Å²) in [5, 5.41) is 0. The molecule has 0 aromatic carbocycles. The summed E-state index contributed by atoms with van der Waals surface area (Å²) in [6, 6.07) is 4.32. The zero-order valence-corrected chi connectivity index (χ0v) is 14.5. The van der Waals surface area contributed by atoms with Crippen molar-refractivity contribution in [1.82, 2.24) is 14.5 Å². The summed E-state index contributed by atoms with van der Waals surface area (Å²) in [5.74, 6) is 0.531. The molecule has 0 radical (unpaired) electrons. The van der Waals surface area contributed by atoms with Crippen LogP contribution in [-0.2, 0) is 7.05 Å². The lowest BCUT2D eigenvalue weighted by molar-refractivity contribution is 0.103. The third-order valence-corrected chi connectivity index (χ3v) is 2.75. The SMILES string of the molecule is Cn1cccc1-c1cnc(OC(C)(C)C)nc1OC(C)(C)C. The van der Waals surface area contributed by atoms with Crippen LogP contribution in [0.3, 0.4) is 0 Å². The highest BCUT2D eigenvalue weighted by molar-refractivity contribution is 5.65. The number of hydrogen-bond acceptors (Lipinski definition) is 4. The van der Waals surface area contributed by atoms with Crippen LogP contribution in [0.5, 0.6) is 11.9 Å². The predicted octanol–water partition coefficient (Wildman–Crippen LogP) is 3.84. The Kier molecular flexibility index (Phi) is 4.18. The van der Waals surface area contributed by atoms with Gasteiger partial charge in [0, 0.05) is 19.4 Å². The molecule has 0 saturated heterocycles. The van der Waals surface area contributed by atoms with Gasteiger partial charge in [0.15, 0.2) is 0 Å². The molecule has 2 aromatic heterocycles. The smallest absolute Gasteiger partial charge is 0.320 e. The van der Waals surface area contributed by atoms with E-state index < -0.39 is 0 Å². The van der Waals surface area contributed by atoms with Gasteiger partial charge >= 0.3 is 6.01 Å². The number of aryl methyl sites for hydroxylation is 1. The monoisotopic (exact) mass is 303 g/mol. The fourth-order valence-corrected chi connectivity index (χ4v) is 1.96. The highest BCUT2D eigenvalue weighted by atomic mass is 16.5. The summed E-state index contributed by atoms with van der Waals surface area (Å²) in [5.41, 5.74) is 1.14. The largest absolute Gasteiger partial charge is 0.471 e. The van der Waals surface area contributed by atoms with E-state index in [0.29, 0.717) is 11.9 Å². The van der Waals surface area contributed by atoms with Gasteiger partial charge in [-0.3, -0.25) is 0 Å². The molecule has 0 aliphatic heterocycles. The molecule has 0 N–H and O–H groups in total. The zero-order valence-electron chi connectivity index (χ0n) is 14.5. The molecular formula is C17H25N3O2. The molecule has 0 bridgehead atoms. The van der Waals surface area contributed by atoms with Crippen molar-refractivity contribution in [2.75, 3.05) is 0 Å². The Hall–Kier alpha value is -2.04. The van der Waals surface area contributed by atoms with Crippen molar-refractivity contribution in [2.24, 2.45) is 7.05 Å². The summed E-state index contributed by atoms with van der Waals surface area (Å²) >= 11 is 0. The fraction of sp³-hybridized carbons (Fsp3) is 0.529. The minimum atomic E-state index is -0.356. The first kappa shape index (κ1) is 16.3. The molecule has 0 fully saturated rings. The van der Waals surface area contributed by atoms with Crippen LogP contribution in [0, 0.1) is 0 Å². The van der Waals surface area contributed by atoms with Crippen LogP contribution in [0.1, 0.15) is 41.5 Å². The van der Waals surface area contributed by atoms with Gasteiger partial charge in [0.1, 0.15) is 11.2 Å². The first-order chi connectivity index (χ1) is 10.1. The number of rotatable bonds is 3. The topological polar surface area (TPSA) is 49.2 Å². The summed E-state index contributed by atoms with van der Waals surface area (Å²) in [7, 11) is 1.98. The van der Waals surface area contributed by atoms with Gasteiger partial charge in [-0.05, 0) is 53.7 Å². The molecular weight excluding hydrogens is 278 g/mol. The van der Waals surface area contributed by atoms with Crippen molar-refractivity contribution in [3.8, 4) is 23.1 Å². The number of nitrogens with zero attached hydrogens (tertiary/aromatic N) is 3. The van der Waals surface area contributed by atoms with Gasteiger partial charge in [0.2, 0.25) is 5.88 Å². The molecule has 120 valence electrons. The Morgan fingerprint density at radius 3 is 2.14 bits per heavy atom. The molecule has 0 aliphatic rings. The molecule has 5 heteroatoms. The van der Waals surface area contributed by atoms with Crippen LogP contribution in [0.2, 0.25) is 0 Å². The van der Waals surface area contributed by atoms with Crippen LogP contribution in [-0.4, -0.2) is 25.7 Å². The van der Waals surface area contributed by atoms with E-state index in [4.69, 9.17) is 9.47 Å². The maximum absolute atomic E-state index is 6.02.